The number of aromatic nitrogens is 1. The number of amides is 2. The highest BCUT2D eigenvalue weighted by atomic mass is 16.5. The molecule has 1 aliphatic rings. The van der Waals surface area contributed by atoms with E-state index in [9.17, 15) is 9.59 Å². The Morgan fingerprint density at radius 2 is 2.10 bits per heavy atom. The zero-order valence-electron chi connectivity index (χ0n) is 11.4. The molecular formula is C15H13N3O3. The summed E-state index contributed by atoms with van der Waals surface area (Å²) in [5.41, 5.74) is 1.60. The second-order valence-corrected chi connectivity index (χ2v) is 4.52. The molecule has 2 aromatic rings. The lowest BCUT2D eigenvalue weighted by atomic mass is 10.1. The second-order valence-electron chi connectivity index (χ2n) is 4.52. The van der Waals surface area contributed by atoms with Gasteiger partial charge in [-0.1, -0.05) is 12.1 Å². The number of para-hydroxylation sites is 2. The first-order valence-corrected chi connectivity index (χ1v) is 6.40. The summed E-state index contributed by atoms with van der Waals surface area (Å²) in [6.07, 6.45) is 1.55. The molecule has 0 bridgehead atoms. The summed E-state index contributed by atoms with van der Waals surface area (Å²) in [7, 11) is 1.45. The predicted octanol–water partition coefficient (Wildman–Crippen LogP) is 1.69. The van der Waals surface area contributed by atoms with Crippen LogP contribution in [0, 0.1) is 0 Å². The number of ether oxygens (including phenoxy) is 1. The first kappa shape index (κ1) is 13.1. The Hall–Kier alpha value is -2.89. The molecule has 0 unspecified atom stereocenters. The van der Waals surface area contributed by atoms with Crippen LogP contribution in [-0.4, -0.2) is 30.5 Å². The molecule has 0 saturated heterocycles. The minimum Gasteiger partial charge on any atom is -0.480 e. The van der Waals surface area contributed by atoms with Crippen molar-refractivity contribution in [2.45, 2.75) is 0 Å². The maximum absolute atomic E-state index is 12.7. The smallest absolute Gasteiger partial charge is 0.264 e. The number of hydrogen-bond donors (Lipinski definition) is 1. The van der Waals surface area contributed by atoms with Gasteiger partial charge in [-0.25, -0.2) is 4.98 Å². The van der Waals surface area contributed by atoms with Gasteiger partial charge in [0.1, 0.15) is 12.1 Å². The number of rotatable bonds is 2. The number of methoxy groups -OCH3 is 1. The zero-order chi connectivity index (χ0) is 14.8. The highest BCUT2D eigenvalue weighted by Crippen LogP contribution is 2.31. The molecule has 2 heterocycles. The van der Waals surface area contributed by atoms with Crippen molar-refractivity contribution < 1.29 is 14.3 Å². The van der Waals surface area contributed by atoms with E-state index in [1.165, 1.54) is 12.0 Å². The topological polar surface area (TPSA) is 71.5 Å². The maximum atomic E-state index is 12.7. The van der Waals surface area contributed by atoms with Crippen LogP contribution in [0.4, 0.5) is 11.4 Å². The standard InChI is InChI=1S/C15H13N3O3/c1-21-14-10(5-4-8-16-14)15(20)18-9-13(19)17-11-6-2-3-7-12(11)18/h2-8H,9H2,1H3,(H,17,19). The first-order chi connectivity index (χ1) is 10.2. The molecule has 0 saturated carbocycles. The molecule has 1 aliphatic heterocycles. The van der Waals surface area contributed by atoms with Gasteiger partial charge in [-0.05, 0) is 24.3 Å². The Labute approximate surface area is 121 Å². The maximum Gasteiger partial charge on any atom is 0.264 e. The number of nitrogens with one attached hydrogen (secondary N) is 1. The third-order valence-corrected chi connectivity index (χ3v) is 3.21. The third kappa shape index (κ3) is 2.31. The molecule has 21 heavy (non-hydrogen) atoms. The lowest BCUT2D eigenvalue weighted by molar-refractivity contribution is -0.115. The number of pyridine rings is 1. The van der Waals surface area contributed by atoms with Gasteiger partial charge in [0.05, 0.1) is 18.5 Å². The summed E-state index contributed by atoms with van der Waals surface area (Å²) >= 11 is 0. The zero-order valence-corrected chi connectivity index (χ0v) is 11.4. The molecule has 1 aromatic heterocycles. The molecule has 0 aliphatic carbocycles. The van der Waals surface area contributed by atoms with Crippen molar-refractivity contribution in [3.63, 3.8) is 0 Å². The molecule has 106 valence electrons. The molecule has 1 aromatic carbocycles. The van der Waals surface area contributed by atoms with E-state index in [-0.39, 0.29) is 24.2 Å². The van der Waals surface area contributed by atoms with Crippen LogP contribution in [0.15, 0.2) is 42.6 Å². The highest BCUT2D eigenvalue weighted by molar-refractivity contribution is 6.15. The van der Waals surface area contributed by atoms with Crippen molar-refractivity contribution in [1.29, 1.82) is 0 Å². The summed E-state index contributed by atoms with van der Waals surface area (Å²) in [4.78, 5) is 29.9. The fraction of sp³-hybridized carbons (Fsp3) is 0.133. The Kier molecular flexibility index (Phi) is 3.27. The van der Waals surface area contributed by atoms with Crippen LogP contribution in [0.5, 0.6) is 5.88 Å². The average Bonchev–Trinajstić information content (AvgIpc) is 2.53. The van der Waals surface area contributed by atoms with Crippen LogP contribution >= 0.6 is 0 Å². The summed E-state index contributed by atoms with van der Waals surface area (Å²) < 4.78 is 5.11. The Balaban J connectivity index is 2.04. The minimum absolute atomic E-state index is 0.0338. The summed E-state index contributed by atoms with van der Waals surface area (Å²) in [5.74, 6) is -0.307. The van der Waals surface area contributed by atoms with Gasteiger partial charge < -0.3 is 10.1 Å². The summed E-state index contributed by atoms with van der Waals surface area (Å²) in [6.45, 7) is -0.0338. The van der Waals surface area contributed by atoms with Crippen molar-refractivity contribution in [3.8, 4) is 5.88 Å². The average molecular weight is 283 g/mol. The third-order valence-electron chi connectivity index (χ3n) is 3.21. The van der Waals surface area contributed by atoms with Crippen LogP contribution in [-0.2, 0) is 4.79 Å². The number of benzene rings is 1. The van der Waals surface area contributed by atoms with Gasteiger partial charge >= 0.3 is 0 Å². The Bertz CT molecular complexity index is 715. The lowest BCUT2D eigenvalue weighted by Gasteiger charge is -2.29. The number of carbonyl (C=O) groups is 2. The molecule has 1 N–H and O–H groups in total. The van der Waals surface area contributed by atoms with E-state index in [2.05, 4.69) is 10.3 Å². The largest absolute Gasteiger partial charge is 0.480 e. The van der Waals surface area contributed by atoms with E-state index in [0.29, 0.717) is 16.9 Å². The lowest BCUT2D eigenvalue weighted by Crippen LogP contribution is -2.42. The SMILES string of the molecule is COc1ncccc1C(=O)N1CC(=O)Nc2ccccc21. The van der Waals surface area contributed by atoms with Gasteiger partial charge in [0.25, 0.3) is 5.91 Å². The van der Waals surface area contributed by atoms with E-state index in [1.807, 2.05) is 6.07 Å². The summed E-state index contributed by atoms with van der Waals surface area (Å²) in [6, 6.07) is 10.5. The molecule has 6 nitrogen and oxygen atoms in total. The minimum atomic E-state index is -0.317. The van der Waals surface area contributed by atoms with E-state index < -0.39 is 0 Å². The van der Waals surface area contributed by atoms with Crippen molar-refractivity contribution in [3.05, 3.63) is 48.2 Å². The van der Waals surface area contributed by atoms with Crippen molar-refractivity contribution in [2.24, 2.45) is 0 Å². The van der Waals surface area contributed by atoms with Gasteiger partial charge in [0, 0.05) is 6.20 Å². The normalized spacial score (nSPS) is 13.4. The quantitative estimate of drug-likeness (QED) is 0.910. The van der Waals surface area contributed by atoms with Crippen LogP contribution in [0.1, 0.15) is 10.4 Å². The Morgan fingerprint density at radius 1 is 1.29 bits per heavy atom. The number of anilines is 2. The van der Waals surface area contributed by atoms with Gasteiger partial charge in [0.2, 0.25) is 11.8 Å². The fourth-order valence-electron chi connectivity index (χ4n) is 2.28. The van der Waals surface area contributed by atoms with Gasteiger partial charge in [-0.15, -0.1) is 0 Å². The molecule has 6 heteroatoms. The van der Waals surface area contributed by atoms with E-state index in [0.717, 1.165) is 0 Å². The molecule has 2 amide bonds. The fourth-order valence-corrected chi connectivity index (χ4v) is 2.28. The van der Waals surface area contributed by atoms with Crippen LogP contribution in [0.2, 0.25) is 0 Å². The van der Waals surface area contributed by atoms with E-state index in [1.54, 1.807) is 36.5 Å². The molecule has 0 radical (unpaired) electrons. The highest BCUT2D eigenvalue weighted by Gasteiger charge is 2.29. The molecule has 0 fully saturated rings. The molecule has 0 atom stereocenters. The van der Waals surface area contributed by atoms with Crippen LogP contribution in [0.25, 0.3) is 0 Å². The van der Waals surface area contributed by atoms with Crippen molar-refractivity contribution in [2.75, 3.05) is 23.9 Å². The first-order valence-electron chi connectivity index (χ1n) is 6.40. The number of nitrogens with zero attached hydrogens (tertiary/aromatic N) is 2. The van der Waals surface area contributed by atoms with Gasteiger partial charge in [-0.2, -0.15) is 0 Å². The monoisotopic (exact) mass is 283 g/mol. The number of fused-ring (bicyclic) bond motifs is 1. The molecule has 3 rings (SSSR count). The van der Waals surface area contributed by atoms with Crippen molar-refractivity contribution >= 4 is 23.2 Å². The summed E-state index contributed by atoms with van der Waals surface area (Å²) in [5, 5.41) is 2.75. The van der Waals surface area contributed by atoms with Crippen LogP contribution < -0.4 is 15.0 Å². The number of hydrogen-bond acceptors (Lipinski definition) is 4. The van der Waals surface area contributed by atoms with Gasteiger partial charge in [-0.3, -0.25) is 14.5 Å². The van der Waals surface area contributed by atoms with E-state index >= 15 is 0 Å². The van der Waals surface area contributed by atoms with Gasteiger partial charge in [0.15, 0.2) is 0 Å². The Morgan fingerprint density at radius 3 is 2.90 bits per heavy atom. The van der Waals surface area contributed by atoms with Crippen LogP contribution in [0.3, 0.4) is 0 Å². The predicted molar refractivity (Wildman–Crippen MR) is 77.5 cm³/mol. The molecular weight excluding hydrogens is 270 g/mol. The van der Waals surface area contributed by atoms with Crippen molar-refractivity contribution in [1.82, 2.24) is 4.98 Å². The van der Waals surface area contributed by atoms with E-state index in [4.69, 9.17) is 4.74 Å². The second kappa shape index (κ2) is 5.24. The number of carbonyl (C=O) groups excluding carboxylic acids is 2. The molecule has 0 spiro atoms.